The van der Waals surface area contributed by atoms with Gasteiger partial charge in [-0.15, -0.1) is 11.3 Å². The van der Waals surface area contributed by atoms with Gasteiger partial charge in [0, 0.05) is 25.0 Å². The molecule has 0 aromatic carbocycles. The van der Waals surface area contributed by atoms with Gasteiger partial charge in [-0.2, -0.15) is 0 Å². The second-order valence-corrected chi connectivity index (χ2v) is 6.40. The highest BCUT2D eigenvalue weighted by molar-refractivity contribution is 7.11. The van der Waals surface area contributed by atoms with Crippen LogP contribution in [0.25, 0.3) is 0 Å². The quantitative estimate of drug-likeness (QED) is 0.893. The van der Waals surface area contributed by atoms with Crippen molar-refractivity contribution in [3.8, 4) is 0 Å². The number of aromatic nitrogens is 1. The van der Waals surface area contributed by atoms with Gasteiger partial charge in [-0.25, -0.2) is 4.98 Å². The minimum atomic E-state index is 0.185. The van der Waals surface area contributed by atoms with Gasteiger partial charge in [0.25, 0.3) is 0 Å². The van der Waals surface area contributed by atoms with Gasteiger partial charge in [0.2, 0.25) is 5.91 Å². The first-order chi connectivity index (χ1) is 8.74. The van der Waals surface area contributed by atoms with Crippen LogP contribution in [0.2, 0.25) is 0 Å². The van der Waals surface area contributed by atoms with Crippen molar-refractivity contribution in [2.75, 3.05) is 20.1 Å². The largest absolute Gasteiger partial charge is 0.339 e. The van der Waals surface area contributed by atoms with Crippen LogP contribution in [-0.4, -0.2) is 35.9 Å². The molecule has 2 aliphatic rings. The molecular weight excluding hydrogens is 246 g/mol. The monoisotopic (exact) mass is 265 g/mol. The third kappa shape index (κ3) is 2.29. The van der Waals surface area contributed by atoms with Crippen molar-refractivity contribution < 1.29 is 4.79 Å². The summed E-state index contributed by atoms with van der Waals surface area (Å²) in [5, 5.41) is 4.24. The van der Waals surface area contributed by atoms with Crippen molar-refractivity contribution >= 4 is 17.2 Å². The first kappa shape index (κ1) is 12.1. The van der Waals surface area contributed by atoms with Gasteiger partial charge in [0.05, 0.1) is 18.2 Å². The highest BCUT2D eigenvalue weighted by atomic mass is 32.1. The van der Waals surface area contributed by atoms with Crippen molar-refractivity contribution in [1.29, 1.82) is 0 Å². The number of fused-ring (bicyclic) bond motifs is 1. The van der Waals surface area contributed by atoms with E-state index in [2.05, 4.69) is 10.3 Å². The Bertz CT molecular complexity index is 430. The predicted octanol–water partition coefficient (Wildman–Crippen LogP) is 1.20. The zero-order valence-corrected chi connectivity index (χ0v) is 11.6. The van der Waals surface area contributed by atoms with E-state index in [-0.39, 0.29) is 11.8 Å². The van der Waals surface area contributed by atoms with Crippen LogP contribution in [0, 0.1) is 5.92 Å². The molecule has 0 spiro atoms. The highest BCUT2D eigenvalue weighted by Crippen LogP contribution is 2.27. The molecule has 1 N–H and O–H groups in total. The molecule has 1 aromatic rings. The summed E-state index contributed by atoms with van der Waals surface area (Å²) in [5.74, 6) is 0.437. The van der Waals surface area contributed by atoms with Gasteiger partial charge in [0.1, 0.15) is 5.01 Å². The summed E-state index contributed by atoms with van der Waals surface area (Å²) in [5.41, 5.74) is 1.28. The van der Waals surface area contributed by atoms with Crippen molar-refractivity contribution in [2.24, 2.45) is 5.92 Å². The molecular formula is C13H19N3OS. The molecule has 1 amide bonds. The fraction of sp³-hybridized carbons (Fsp3) is 0.692. The molecule has 0 saturated carbocycles. The van der Waals surface area contributed by atoms with Gasteiger partial charge >= 0.3 is 0 Å². The number of thiazole rings is 1. The van der Waals surface area contributed by atoms with E-state index in [1.165, 1.54) is 29.8 Å². The lowest BCUT2D eigenvalue weighted by atomic mass is 10.0. The number of amides is 1. The molecule has 0 bridgehead atoms. The number of carbonyl (C=O) groups excluding carboxylic acids is 1. The molecule has 1 fully saturated rings. The summed E-state index contributed by atoms with van der Waals surface area (Å²) >= 11 is 1.80. The van der Waals surface area contributed by atoms with E-state index in [4.69, 9.17) is 0 Å². The topological polar surface area (TPSA) is 45.2 Å². The number of carbonyl (C=O) groups is 1. The van der Waals surface area contributed by atoms with Crippen LogP contribution in [0.1, 0.15) is 28.4 Å². The fourth-order valence-corrected chi connectivity index (χ4v) is 3.74. The van der Waals surface area contributed by atoms with Crippen LogP contribution < -0.4 is 5.32 Å². The summed E-state index contributed by atoms with van der Waals surface area (Å²) in [6, 6.07) is 0. The van der Waals surface area contributed by atoms with Crippen molar-refractivity contribution in [3.05, 3.63) is 15.6 Å². The number of rotatable bonds is 3. The van der Waals surface area contributed by atoms with Crippen molar-refractivity contribution in [2.45, 2.75) is 32.2 Å². The Morgan fingerprint density at radius 1 is 1.44 bits per heavy atom. The van der Waals surface area contributed by atoms with Gasteiger partial charge in [-0.05, 0) is 25.7 Å². The molecule has 4 nitrogen and oxygen atoms in total. The summed E-state index contributed by atoms with van der Waals surface area (Å²) in [6.07, 6.45) is 4.85. The summed E-state index contributed by atoms with van der Waals surface area (Å²) < 4.78 is 0. The van der Waals surface area contributed by atoms with E-state index in [0.29, 0.717) is 6.54 Å². The molecule has 1 aromatic heterocycles. The van der Waals surface area contributed by atoms with Crippen LogP contribution in [-0.2, 0) is 24.2 Å². The molecule has 0 radical (unpaired) electrons. The first-order valence-corrected chi connectivity index (χ1v) is 7.49. The maximum atomic E-state index is 12.0. The fourth-order valence-electron chi connectivity index (χ4n) is 2.53. The Balaban J connectivity index is 1.64. The SMILES string of the molecule is CN(Cc1nc2c(s1)CCCC2)C(=O)C1CNC1. The molecule has 1 aliphatic heterocycles. The Morgan fingerprint density at radius 3 is 2.89 bits per heavy atom. The van der Waals surface area contributed by atoms with E-state index >= 15 is 0 Å². The maximum absolute atomic E-state index is 12.0. The number of nitrogens with one attached hydrogen (secondary N) is 1. The van der Waals surface area contributed by atoms with Gasteiger partial charge in [-0.1, -0.05) is 0 Å². The number of nitrogens with zero attached hydrogens (tertiary/aromatic N) is 2. The second-order valence-electron chi connectivity index (χ2n) is 5.23. The van der Waals surface area contributed by atoms with Gasteiger partial charge < -0.3 is 10.2 Å². The highest BCUT2D eigenvalue weighted by Gasteiger charge is 2.28. The van der Waals surface area contributed by atoms with E-state index in [9.17, 15) is 4.79 Å². The standard InChI is InChI=1S/C13H19N3OS/c1-16(13(17)9-6-14-7-9)8-12-15-10-4-2-3-5-11(10)18-12/h9,14H,2-8H2,1H3. The minimum absolute atomic E-state index is 0.185. The van der Waals surface area contributed by atoms with E-state index in [0.717, 1.165) is 24.5 Å². The number of hydrogen-bond donors (Lipinski definition) is 1. The summed E-state index contributed by atoms with van der Waals surface area (Å²) in [6.45, 7) is 2.34. The summed E-state index contributed by atoms with van der Waals surface area (Å²) in [7, 11) is 1.89. The smallest absolute Gasteiger partial charge is 0.228 e. The van der Waals surface area contributed by atoms with Crippen LogP contribution in [0.3, 0.4) is 0 Å². The Labute approximate surface area is 111 Å². The Kier molecular flexibility index (Phi) is 3.35. The van der Waals surface area contributed by atoms with Gasteiger partial charge in [0.15, 0.2) is 0 Å². The van der Waals surface area contributed by atoms with Crippen LogP contribution in [0.15, 0.2) is 0 Å². The Morgan fingerprint density at radius 2 is 2.22 bits per heavy atom. The molecule has 2 heterocycles. The molecule has 1 saturated heterocycles. The molecule has 98 valence electrons. The average Bonchev–Trinajstić information content (AvgIpc) is 2.68. The molecule has 0 atom stereocenters. The molecule has 3 rings (SSSR count). The molecule has 1 aliphatic carbocycles. The van der Waals surface area contributed by atoms with Gasteiger partial charge in [-0.3, -0.25) is 4.79 Å². The minimum Gasteiger partial charge on any atom is -0.339 e. The average molecular weight is 265 g/mol. The Hall–Kier alpha value is -0.940. The maximum Gasteiger partial charge on any atom is 0.228 e. The van der Waals surface area contributed by atoms with Crippen LogP contribution >= 0.6 is 11.3 Å². The van der Waals surface area contributed by atoms with Crippen LogP contribution in [0.5, 0.6) is 0 Å². The molecule has 0 unspecified atom stereocenters. The zero-order chi connectivity index (χ0) is 12.5. The van der Waals surface area contributed by atoms with Crippen molar-refractivity contribution in [1.82, 2.24) is 15.2 Å². The zero-order valence-electron chi connectivity index (χ0n) is 10.7. The molecule has 18 heavy (non-hydrogen) atoms. The number of aryl methyl sites for hydroxylation is 2. The van der Waals surface area contributed by atoms with E-state index in [1.807, 2.05) is 11.9 Å². The molecule has 5 heteroatoms. The lowest BCUT2D eigenvalue weighted by molar-refractivity contribution is -0.136. The first-order valence-electron chi connectivity index (χ1n) is 6.67. The third-order valence-corrected chi connectivity index (χ3v) is 4.91. The third-order valence-electron chi connectivity index (χ3n) is 3.77. The lowest BCUT2D eigenvalue weighted by Gasteiger charge is -2.29. The van der Waals surface area contributed by atoms with E-state index < -0.39 is 0 Å². The van der Waals surface area contributed by atoms with E-state index in [1.54, 1.807) is 11.3 Å². The predicted molar refractivity (Wildman–Crippen MR) is 71.6 cm³/mol. The van der Waals surface area contributed by atoms with Crippen molar-refractivity contribution in [3.63, 3.8) is 0 Å². The number of hydrogen-bond acceptors (Lipinski definition) is 4. The summed E-state index contributed by atoms with van der Waals surface area (Å²) in [4.78, 5) is 20.0. The lowest BCUT2D eigenvalue weighted by Crippen LogP contribution is -2.50. The van der Waals surface area contributed by atoms with Crippen LogP contribution in [0.4, 0.5) is 0 Å². The second kappa shape index (κ2) is 4.97. The normalized spacial score (nSPS) is 19.2.